The number of hydrogen-bond acceptors (Lipinski definition) is 14. The molecule has 2 atom stereocenters. The number of carbonyl (C=O) groups excluding carboxylic acids is 2. The summed E-state index contributed by atoms with van der Waals surface area (Å²) in [4.78, 5) is 31.3. The van der Waals surface area contributed by atoms with Crippen molar-refractivity contribution < 1.29 is 31.2 Å². The van der Waals surface area contributed by atoms with Crippen LogP contribution in [0.15, 0.2) is 22.4 Å². The largest absolute Gasteiger partial charge is 0.359 e. The number of anilines is 4. The van der Waals surface area contributed by atoms with Crippen LogP contribution < -0.4 is 21.3 Å². The van der Waals surface area contributed by atoms with Crippen LogP contribution in [0, 0.1) is 11.8 Å². The third-order valence-corrected chi connectivity index (χ3v) is 18.6. The maximum absolute atomic E-state index is 13.0. The molecule has 0 spiro atoms. The average Bonchev–Trinajstić information content (AvgIpc) is 4.16. The normalized spacial score (nSPS) is 19.5. The number of aromatic nitrogens is 6. The van der Waals surface area contributed by atoms with Crippen LogP contribution in [0.4, 0.5) is 23.3 Å². The summed E-state index contributed by atoms with van der Waals surface area (Å²) in [7, 11) is -1.99. The second kappa shape index (κ2) is 21.6. The Morgan fingerprint density at radius 1 is 0.826 bits per heavy atom. The van der Waals surface area contributed by atoms with Crippen LogP contribution in [0.1, 0.15) is 96.4 Å². The molecule has 0 bridgehead atoms. The first-order valence-corrected chi connectivity index (χ1v) is 32.1. The smallest absolute Gasteiger partial charge is 0.298 e. The molecular formula is C47H68ClN11O7S2Si. The summed E-state index contributed by atoms with van der Waals surface area (Å²) in [5.74, 6) is 0.899. The number of H-pyrrole nitrogens is 1. The van der Waals surface area contributed by atoms with Gasteiger partial charge in [-0.1, -0.05) is 38.7 Å². The Morgan fingerprint density at radius 2 is 1.41 bits per heavy atom. The molecule has 2 fully saturated rings. The fourth-order valence-corrected chi connectivity index (χ4v) is 13.1. The predicted molar refractivity (Wildman–Crippen MR) is 268 cm³/mol. The van der Waals surface area contributed by atoms with Crippen molar-refractivity contribution in [2.75, 3.05) is 50.5 Å². The Hall–Kier alpha value is -4.25. The van der Waals surface area contributed by atoms with Gasteiger partial charge in [-0.15, -0.1) is 10.2 Å². The Morgan fingerprint density at radius 3 is 1.91 bits per heavy atom. The number of halogens is 1. The van der Waals surface area contributed by atoms with E-state index in [1.54, 1.807) is 7.05 Å². The second-order valence-electron chi connectivity index (χ2n) is 20.2. The number of sulfonamides is 1. The minimum Gasteiger partial charge on any atom is -0.359 e. The number of ketones is 1. The molecule has 0 saturated carbocycles. The molecule has 10 rings (SSSR count). The van der Waals surface area contributed by atoms with Crippen molar-refractivity contribution in [2.45, 2.75) is 146 Å². The number of nitrogens with zero attached hydrogens (tertiary/aromatic N) is 6. The molecule has 22 heteroatoms. The zero-order valence-electron chi connectivity index (χ0n) is 40.6. The van der Waals surface area contributed by atoms with Crippen LogP contribution in [-0.2, 0) is 91.5 Å². The maximum Gasteiger partial charge on any atom is 0.298 e. The number of ether oxygens (including phenoxy) is 1. The standard InChI is InChI=1S/C20H29ClN4O3SSi.C20H26N6O3S.C7H13NO/c1-30(2,3)11-10-28-13-25-19(23-20(24-25)29(21,26)27)22-18-16-8-4-6-14(16)12-15-7-5-9-17(15)18;1-21-18(27)14-8-9-26(11-14)30(28,29)20-23-19(24-25-20)22-17-15-6-2-4-12(15)10-13-5-3-7-16(13)17;1-2-7(9)6-3-4-8-5-6/h12H,4-11,13H2,1-3H3,(H,22,23,24);10,14H,2-9,11H2,1H3,(H,21,27)(H2,22,23,24,25);6,8H,2-5H2,1H3. The van der Waals surface area contributed by atoms with Gasteiger partial charge in [-0.25, -0.2) is 26.6 Å². The summed E-state index contributed by atoms with van der Waals surface area (Å²) >= 11 is 0. The number of Topliss-reactive ketones (excluding diaryl/α,β-unsaturated/α-hetero) is 1. The maximum atomic E-state index is 13.0. The third kappa shape index (κ3) is 11.9. The molecular weight excluding hydrogens is 958 g/mol. The third-order valence-electron chi connectivity index (χ3n) is 14.2. The first-order chi connectivity index (χ1) is 32.9. The average molecular weight is 1030 g/mol. The molecule has 4 aromatic rings. The van der Waals surface area contributed by atoms with Crippen molar-refractivity contribution in [1.82, 2.24) is 44.9 Å². The molecule has 69 heavy (non-hydrogen) atoms. The molecule has 2 aromatic carbocycles. The Kier molecular flexibility index (Phi) is 16.0. The summed E-state index contributed by atoms with van der Waals surface area (Å²) in [5, 5.41) is 22.7. The zero-order chi connectivity index (χ0) is 49.1. The summed E-state index contributed by atoms with van der Waals surface area (Å²) in [5.41, 5.74) is 13.0. The highest BCUT2D eigenvalue weighted by Gasteiger charge is 2.38. The molecule has 2 unspecified atom stereocenters. The quantitative estimate of drug-likeness (QED) is 0.0515. The number of aromatic amines is 1. The number of hydrogen-bond donors (Lipinski definition) is 5. The van der Waals surface area contributed by atoms with Gasteiger partial charge < -0.3 is 26.0 Å². The number of aryl methyl sites for hydroxylation is 4. The number of amides is 1. The van der Waals surface area contributed by atoms with E-state index >= 15 is 0 Å². The highest BCUT2D eigenvalue weighted by molar-refractivity contribution is 8.13. The summed E-state index contributed by atoms with van der Waals surface area (Å²) in [6, 6.07) is 5.72. The fraction of sp³-hybridized carbons (Fsp3) is 0.617. The van der Waals surface area contributed by atoms with Crippen LogP contribution in [0.5, 0.6) is 0 Å². The number of fused-ring (bicyclic) bond motifs is 4. The lowest BCUT2D eigenvalue weighted by molar-refractivity contribution is -0.124. The van der Waals surface area contributed by atoms with Gasteiger partial charge in [-0.05, 0) is 147 Å². The molecule has 376 valence electrons. The number of carbonyl (C=O) groups is 2. The monoisotopic (exact) mass is 1030 g/mol. The summed E-state index contributed by atoms with van der Waals surface area (Å²) in [6.45, 7) is 11.9. The van der Waals surface area contributed by atoms with E-state index in [4.69, 9.17) is 15.4 Å². The van der Waals surface area contributed by atoms with Crippen LogP contribution in [0.3, 0.4) is 0 Å². The molecule has 4 heterocycles. The molecule has 18 nitrogen and oxygen atoms in total. The van der Waals surface area contributed by atoms with E-state index in [9.17, 15) is 26.4 Å². The summed E-state index contributed by atoms with van der Waals surface area (Å²) in [6.07, 6.45) is 15.3. The van der Waals surface area contributed by atoms with Gasteiger partial charge in [0.25, 0.3) is 29.4 Å². The molecule has 6 aliphatic rings. The second-order valence-corrected chi connectivity index (χ2v) is 30.1. The van der Waals surface area contributed by atoms with Crippen LogP contribution in [-0.4, -0.2) is 111 Å². The Balaban J connectivity index is 0.000000158. The molecule has 2 aromatic heterocycles. The first-order valence-electron chi connectivity index (χ1n) is 24.6. The predicted octanol–water partition coefficient (Wildman–Crippen LogP) is 6.10. The Labute approximate surface area is 411 Å². The van der Waals surface area contributed by atoms with E-state index in [0.29, 0.717) is 43.6 Å². The van der Waals surface area contributed by atoms with Gasteiger partial charge in [0.2, 0.25) is 17.8 Å². The Bertz CT molecular complexity index is 2710. The van der Waals surface area contributed by atoms with E-state index in [-0.39, 0.29) is 36.2 Å². The van der Waals surface area contributed by atoms with Crippen molar-refractivity contribution in [2.24, 2.45) is 11.8 Å². The molecule has 0 radical (unpaired) electrons. The highest BCUT2D eigenvalue weighted by atomic mass is 35.7. The van der Waals surface area contributed by atoms with Crippen molar-refractivity contribution in [1.29, 1.82) is 0 Å². The minimum atomic E-state index is -4.03. The number of rotatable bonds is 15. The lowest BCUT2D eigenvalue weighted by Crippen LogP contribution is -2.33. The van der Waals surface area contributed by atoms with Crippen LogP contribution >= 0.6 is 10.7 Å². The molecule has 5 N–H and O–H groups in total. The van der Waals surface area contributed by atoms with Crippen molar-refractivity contribution in [3.05, 3.63) is 56.6 Å². The van der Waals surface area contributed by atoms with E-state index in [1.807, 2.05) is 6.92 Å². The van der Waals surface area contributed by atoms with Crippen LogP contribution in [0.25, 0.3) is 0 Å². The molecule has 4 aliphatic carbocycles. The SMILES string of the molecule is CCC(=O)C1CCNC1.CNC(=O)C1CCN(S(=O)(=O)c2nc(Nc3c4c(cc5c3CCC5)CCC4)n[nH]2)C1.C[Si](C)(C)CCOCn1nc(S(=O)(=O)Cl)nc1Nc1c2c(cc3c1CCC3)CCC2. The lowest BCUT2D eigenvalue weighted by atomic mass is 9.99. The van der Waals surface area contributed by atoms with E-state index in [2.05, 4.69) is 78.3 Å². The fourth-order valence-electron chi connectivity index (χ4n) is 10.4. The van der Waals surface area contributed by atoms with Gasteiger partial charge in [0.1, 0.15) is 12.5 Å². The van der Waals surface area contributed by atoms with E-state index < -0.39 is 32.3 Å². The lowest BCUT2D eigenvalue weighted by Gasteiger charge is -2.18. The van der Waals surface area contributed by atoms with Crippen molar-refractivity contribution in [3.8, 4) is 0 Å². The first kappa shape index (κ1) is 51.1. The van der Waals surface area contributed by atoms with Gasteiger partial charge in [0.05, 0.1) is 5.92 Å². The summed E-state index contributed by atoms with van der Waals surface area (Å²) < 4.78 is 58.2. The minimum absolute atomic E-state index is 0.128. The molecule has 2 saturated heterocycles. The number of benzene rings is 2. The highest BCUT2D eigenvalue weighted by Crippen LogP contribution is 2.41. The van der Waals surface area contributed by atoms with Crippen LogP contribution in [0.2, 0.25) is 25.7 Å². The van der Waals surface area contributed by atoms with Gasteiger partial charge >= 0.3 is 0 Å². The molecule has 1 amide bonds. The van der Waals surface area contributed by atoms with Gasteiger partial charge in [-0.2, -0.15) is 14.3 Å². The topological polar surface area (TPSA) is 235 Å². The van der Waals surface area contributed by atoms with Crippen molar-refractivity contribution in [3.63, 3.8) is 0 Å². The van der Waals surface area contributed by atoms with Crippen molar-refractivity contribution >= 4 is 72.8 Å². The van der Waals surface area contributed by atoms with E-state index in [0.717, 1.165) is 114 Å². The van der Waals surface area contributed by atoms with Gasteiger partial charge in [0, 0.05) is 75.8 Å². The zero-order valence-corrected chi connectivity index (χ0v) is 44.0. The van der Waals surface area contributed by atoms with Gasteiger partial charge in [0.15, 0.2) is 0 Å². The van der Waals surface area contributed by atoms with E-state index in [1.165, 1.54) is 53.5 Å². The van der Waals surface area contributed by atoms with Gasteiger partial charge in [-0.3, -0.25) is 9.59 Å². The number of nitrogens with one attached hydrogen (secondary N) is 5. The molecule has 2 aliphatic heterocycles.